The second-order valence-electron chi connectivity index (χ2n) is 4.65. The van der Waals surface area contributed by atoms with Gasteiger partial charge in [-0.05, 0) is 38.1 Å². The minimum Gasteiger partial charge on any atom is -0.466 e. The average Bonchev–Trinajstić information content (AvgIpc) is 2.14. The molecule has 3 rings (SSSR count). The number of nitrogens with zero attached hydrogens (tertiary/aromatic N) is 1. The van der Waals surface area contributed by atoms with Crippen LogP contribution >= 0.6 is 0 Å². The summed E-state index contributed by atoms with van der Waals surface area (Å²) in [6.07, 6.45) is 1.98. The summed E-state index contributed by atoms with van der Waals surface area (Å²) in [5, 5.41) is 0. The molecule has 0 spiro atoms. The van der Waals surface area contributed by atoms with Gasteiger partial charge < -0.3 is 9.64 Å². The van der Waals surface area contributed by atoms with Crippen molar-refractivity contribution in [2.24, 2.45) is 17.8 Å². The van der Waals surface area contributed by atoms with Crippen molar-refractivity contribution in [1.29, 1.82) is 0 Å². The summed E-state index contributed by atoms with van der Waals surface area (Å²) in [6.45, 7) is 4.72. The summed E-state index contributed by atoms with van der Waals surface area (Å²) in [5.74, 6) is 2.12. The number of carbonyl (C=O) groups is 1. The van der Waals surface area contributed by atoms with Crippen LogP contribution in [0.25, 0.3) is 0 Å². The van der Waals surface area contributed by atoms with Crippen LogP contribution in [0, 0.1) is 17.8 Å². The highest BCUT2D eigenvalue weighted by atomic mass is 16.5. The number of carbonyl (C=O) groups excluding carboxylic acids is 1. The number of esters is 1. The Hall–Kier alpha value is -0.570. The normalized spacial score (nSPS) is 36.3. The van der Waals surface area contributed by atoms with Gasteiger partial charge in [-0.15, -0.1) is 0 Å². The van der Waals surface area contributed by atoms with Gasteiger partial charge in [0.15, 0.2) is 0 Å². The molecule has 2 heterocycles. The van der Waals surface area contributed by atoms with Crippen LogP contribution in [0.3, 0.4) is 0 Å². The Morgan fingerprint density at radius 3 is 2.64 bits per heavy atom. The van der Waals surface area contributed by atoms with Crippen molar-refractivity contribution in [1.82, 2.24) is 4.90 Å². The number of fused-ring (bicyclic) bond motifs is 2. The van der Waals surface area contributed by atoms with Gasteiger partial charge in [0.2, 0.25) is 0 Å². The maximum atomic E-state index is 11.3. The molecular weight excluding hydrogens is 178 g/mol. The van der Waals surface area contributed by atoms with Crippen molar-refractivity contribution < 1.29 is 9.53 Å². The first-order valence-corrected chi connectivity index (χ1v) is 5.55. The molecule has 2 bridgehead atoms. The van der Waals surface area contributed by atoms with Gasteiger partial charge in [0.1, 0.15) is 0 Å². The Kier molecular flexibility index (Phi) is 2.77. The van der Waals surface area contributed by atoms with E-state index >= 15 is 0 Å². The number of hydrogen-bond acceptors (Lipinski definition) is 3. The lowest BCUT2D eigenvalue weighted by Gasteiger charge is -2.52. The van der Waals surface area contributed by atoms with Crippen LogP contribution in [0.2, 0.25) is 0 Å². The Bertz CT molecular complexity index is 217. The van der Waals surface area contributed by atoms with E-state index in [-0.39, 0.29) is 5.97 Å². The molecule has 2 saturated heterocycles. The predicted molar refractivity (Wildman–Crippen MR) is 53.8 cm³/mol. The van der Waals surface area contributed by atoms with Gasteiger partial charge in [-0.25, -0.2) is 0 Å². The minimum absolute atomic E-state index is 0.00301. The summed E-state index contributed by atoms with van der Waals surface area (Å²) < 4.78 is 4.99. The van der Waals surface area contributed by atoms with E-state index in [0.29, 0.717) is 18.9 Å². The molecule has 3 heteroatoms. The fraction of sp³-hybridized carbons (Fsp3) is 0.909. The highest BCUT2D eigenvalue weighted by Gasteiger charge is 2.46. The third kappa shape index (κ3) is 1.78. The molecule has 2 atom stereocenters. The predicted octanol–water partition coefficient (Wildman–Crippen LogP) is 1.14. The van der Waals surface area contributed by atoms with Crippen LogP contribution in [-0.4, -0.2) is 37.6 Å². The number of piperidine rings is 2. The average molecular weight is 197 g/mol. The third-order valence-electron chi connectivity index (χ3n) is 3.62. The summed E-state index contributed by atoms with van der Waals surface area (Å²) in [4.78, 5) is 13.7. The molecule has 1 aliphatic carbocycles. The van der Waals surface area contributed by atoms with E-state index in [0.717, 1.165) is 11.8 Å². The zero-order valence-corrected chi connectivity index (χ0v) is 9.03. The second kappa shape index (κ2) is 3.89. The van der Waals surface area contributed by atoms with Crippen molar-refractivity contribution in [3.8, 4) is 0 Å². The first kappa shape index (κ1) is 9.97. The van der Waals surface area contributed by atoms with Gasteiger partial charge in [-0.1, -0.05) is 0 Å². The molecule has 0 N–H and O–H groups in total. The molecule has 2 unspecified atom stereocenters. The Labute approximate surface area is 85.4 Å². The topological polar surface area (TPSA) is 29.5 Å². The molecule has 80 valence electrons. The molecule has 3 nitrogen and oxygen atoms in total. The fourth-order valence-corrected chi connectivity index (χ4v) is 2.97. The van der Waals surface area contributed by atoms with E-state index in [4.69, 9.17) is 4.74 Å². The molecule has 0 aromatic carbocycles. The lowest BCUT2D eigenvalue weighted by atomic mass is 9.60. The van der Waals surface area contributed by atoms with Gasteiger partial charge in [-0.3, -0.25) is 4.79 Å². The molecule has 0 aromatic rings. The van der Waals surface area contributed by atoms with E-state index in [1.54, 1.807) is 0 Å². The van der Waals surface area contributed by atoms with Gasteiger partial charge in [0.25, 0.3) is 0 Å². The van der Waals surface area contributed by atoms with Crippen molar-refractivity contribution in [2.75, 3.05) is 26.7 Å². The molecule has 0 aromatic heterocycles. The third-order valence-corrected chi connectivity index (χ3v) is 3.62. The molecule has 3 aliphatic rings. The van der Waals surface area contributed by atoms with Crippen molar-refractivity contribution in [3.63, 3.8) is 0 Å². The molecule has 3 fully saturated rings. The first-order chi connectivity index (χ1) is 6.70. The molecule has 0 radical (unpaired) electrons. The van der Waals surface area contributed by atoms with E-state index in [1.165, 1.54) is 19.5 Å². The lowest BCUT2D eigenvalue weighted by Crippen LogP contribution is -2.54. The summed E-state index contributed by atoms with van der Waals surface area (Å²) in [5.41, 5.74) is 0. The molecule has 14 heavy (non-hydrogen) atoms. The van der Waals surface area contributed by atoms with Crippen molar-refractivity contribution in [2.45, 2.75) is 19.8 Å². The monoisotopic (exact) mass is 197 g/mol. The first-order valence-electron chi connectivity index (χ1n) is 5.55. The van der Waals surface area contributed by atoms with Crippen LogP contribution < -0.4 is 0 Å². The van der Waals surface area contributed by atoms with E-state index < -0.39 is 0 Å². The highest BCUT2D eigenvalue weighted by Crippen LogP contribution is 2.46. The van der Waals surface area contributed by atoms with Gasteiger partial charge in [0, 0.05) is 19.5 Å². The summed E-state index contributed by atoms with van der Waals surface area (Å²) in [6, 6.07) is 0. The van der Waals surface area contributed by atoms with E-state index in [1.807, 2.05) is 6.92 Å². The van der Waals surface area contributed by atoms with Gasteiger partial charge in [-0.2, -0.15) is 0 Å². The maximum Gasteiger partial charge on any atom is 0.306 e. The molecular formula is C11H19NO2. The fourth-order valence-electron chi connectivity index (χ4n) is 2.97. The van der Waals surface area contributed by atoms with Gasteiger partial charge in [0.05, 0.1) is 6.61 Å². The summed E-state index contributed by atoms with van der Waals surface area (Å²) >= 11 is 0. The summed E-state index contributed by atoms with van der Waals surface area (Å²) in [7, 11) is 2.17. The Morgan fingerprint density at radius 1 is 1.43 bits per heavy atom. The van der Waals surface area contributed by atoms with Crippen molar-refractivity contribution >= 4 is 5.97 Å². The molecule has 2 aliphatic heterocycles. The van der Waals surface area contributed by atoms with Crippen LogP contribution in [0.4, 0.5) is 0 Å². The number of ether oxygens (including phenoxy) is 1. The van der Waals surface area contributed by atoms with Crippen LogP contribution in [0.1, 0.15) is 19.8 Å². The standard InChI is InChI=1S/C11H19NO2/c1-3-14-11(13)5-10-8-4-9(10)7-12(2)6-8/h8-10H,3-7H2,1-2H3. The van der Waals surface area contributed by atoms with Crippen molar-refractivity contribution in [3.05, 3.63) is 0 Å². The smallest absolute Gasteiger partial charge is 0.306 e. The molecule has 1 saturated carbocycles. The Balaban J connectivity index is 1.81. The maximum absolute atomic E-state index is 11.3. The lowest BCUT2D eigenvalue weighted by molar-refractivity contribution is -0.149. The zero-order valence-electron chi connectivity index (χ0n) is 9.03. The largest absolute Gasteiger partial charge is 0.466 e. The van der Waals surface area contributed by atoms with E-state index in [2.05, 4.69) is 11.9 Å². The highest BCUT2D eigenvalue weighted by molar-refractivity contribution is 5.69. The minimum atomic E-state index is -0.00301. The Morgan fingerprint density at radius 2 is 2.07 bits per heavy atom. The number of rotatable bonds is 3. The van der Waals surface area contributed by atoms with Crippen LogP contribution in [0.5, 0.6) is 0 Å². The van der Waals surface area contributed by atoms with Crippen LogP contribution in [0.15, 0.2) is 0 Å². The second-order valence-corrected chi connectivity index (χ2v) is 4.65. The SMILES string of the molecule is CCOC(=O)CC1C2CC1CN(C)C2. The van der Waals surface area contributed by atoms with Gasteiger partial charge >= 0.3 is 5.97 Å². The molecule has 0 amide bonds. The zero-order chi connectivity index (χ0) is 10.1. The quantitative estimate of drug-likeness (QED) is 0.635. The van der Waals surface area contributed by atoms with E-state index in [9.17, 15) is 4.79 Å². The van der Waals surface area contributed by atoms with Crippen LogP contribution in [-0.2, 0) is 9.53 Å². The number of hydrogen-bond donors (Lipinski definition) is 0.